The van der Waals surface area contributed by atoms with Gasteiger partial charge in [-0.15, -0.1) is 0 Å². The van der Waals surface area contributed by atoms with Crippen molar-refractivity contribution in [2.75, 3.05) is 6.54 Å². The quantitative estimate of drug-likeness (QED) is 0.921. The van der Waals surface area contributed by atoms with Crippen LogP contribution in [0.15, 0.2) is 18.3 Å². The maximum atomic E-state index is 12.5. The first kappa shape index (κ1) is 15.8. The normalized spacial score (nSPS) is 24.8. The average Bonchev–Trinajstić information content (AvgIpc) is 3.17. The van der Waals surface area contributed by atoms with Gasteiger partial charge in [0.2, 0.25) is 5.88 Å². The average molecular weight is 318 g/mol. The summed E-state index contributed by atoms with van der Waals surface area (Å²) in [5.41, 5.74) is 0.474. The van der Waals surface area contributed by atoms with Crippen LogP contribution in [0, 0.1) is 5.92 Å². The lowest BCUT2D eigenvalue weighted by Crippen LogP contribution is -2.37. The molecule has 23 heavy (non-hydrogen) atoms. The molecule has 2 heterocycles. The van der Waals surface area contributed by atoms with Crippen molar-refractivity contribution in [2.45, 2.75) is 51.2 Å². The lowest BCUT2D eigenvalue weighted by Gasteiger charge is -2.23. The van der Waals surface area contributed by atoms with Crippen molar-refractivity contribution in [3.8, 4) is 5.88 Å². The van der Waals surface area contributed by atoms with E-state index in [1.807, 2.05) is 0 Å². The number of carbonyl (C=O) groups is 2. The van der Waals surface area contributed by atoms with Crippen LogP contribution in [0.1, 0.15) is 49.4 Å². The van der Waals surface area contributed by atoms with Crippen LogP contribution >= 0.6 is 0 Å². The predicted octanol–water partition coefficient (Wildman–Crippen LogP) is 2.34. The van der Waals surface area contributed by atoms with Crippen LogP contribution in [0.4, 0.5) is 0 Å². The molecule has 0 bridgehead atoms. The van der Waals surface area contributed by atoms with Gasteiger partial charge in [0.25, 0.3) is 5.91 Å². The summed E-state index contributed by atoms with van der Waals surface area (Å²) in [7, 11) is 0. The van der Waals surface area contributed by atoms with Crippen LogP contribution in [0.5, 0.6) is 5.88 Å². The zero-order valence-electron chi connectivity index (χ0n) is 13.3. The molecule has 0 spiro atoms. The van der Waals surface area contributed by atoms with Gasteiger partial charge in [0, 0.05) is 24.8 Å². The number of carbonyl (C=O) groups excluding carboxylic acids is 1. The third kappa shape index (κ3) is 3.30. The molecule has 1 aromatic rings. The summed E-state index contributed by atoms with van der Waals surface area (Å²) >= 11 is 0. The second-order valence-electron chi connectivity index (χ2n) is 6.38. The summed E-state index contributed by atoms with van der Waals surface area (Å²) < 4.78 is 5.79. The van der Waals surface area contributed by atoms with Crippen LogP contribution in [-0.2, 0) is 4.79 Å². The molecule has 1 N–H and O–H groups in total. The lowest BCUT2D eigenvalue weighted by molar-refractivity contribution is -0.142. The molecule has 1 saturated carbocycles. The molecule has 2 fully saturated rings. The van der Waals surface area contributed by atoms with E-state index in [-0.39, 0.29) is 18.1 Å². The molecular formula is C17H22N2O4. The van der Waals surface area contributed by atoms with Crippen molar-refractivity contribution in [1.82, 2.24) is 9.88 Å². The molecule has 6 nitrogen and oxygen atoms in total. The number of aliphatic carboxylic acids is 1. The number of hydrogen-bond acceptors (Lipinski definition) is 4. The summed E-state index contributed by atoms with van der Waals surface area (Å²) in [4.78, 5) is 29.5. The maximum absolute atomic E-state index is 12.5. The number of aromatic nitrogens is 1. The number of hydrogen-bond donors (Lipinski definition) is 1. The van der Waals surface area contributed by atoms with E-state index in [4.69, 9.17) is 9.84 Å². The largest absolute Gasteiger partial charge is 0.481 e. The van der Waals surface area contributed by atoms with Crippen molar-refractivity contribution in [3.05, 3.63) is 23.9 Å². The monoisotopic (exact) mass is 318 g/mol. The highest BCUT2D eigenvalue weighted by molar-refractivity contribution is 5.94. The van der Waals surface area contributed by atoms with Gasteiger partial charge in [0.15, 0.2) is 0 Å². The smallest absolute Gasteiger partial charge is 0.308 e. The molecule has 6 heteroatoms. The van der Waals surface area contributed by atoms with Gasteiger partial charge in [-0.25, -0.2) is 4.98 Å². The van der Waals surface area contributed by atoms with Crippen molar-refractivity contribution in [2.24, 2.45) is 5.92 Å². The molecule has 2 aliphatic rings. The van der Waals surface area contributed by atoms with Gasteiger partial charge in [-0.05, 0) is 45.1 Å². The molecule has 1 aromatic heterocycles. The Balaban J connectivity index is 1.64. The highest BCUT2D eigenvalue weighted by atomic mass is 16.5. The molecule has 124 valence electrons. The van der Waals surface area contributed by atoms with Gasteiger partial charge >= 0.3 is 5.97 Å². The lowest BCUT2D eigenvalue weighted by atomic mass is 10.0. The topological polar surface area (TPSA) is 79.7 Å². The Hall–Kier alpha value is -2.11. The Morgan fingerprint density at radius 1 is 1.26 bits per heavy atom. The van der Waals surface area contributed by atoms with Crippen LogP contribution in [0.2, 0.25) is 0 Å². The SMILES string of the molecule is CC1C(C(=O)O)CCN1C(=O)c1ccc(OC2CCCC2)nc1. The Labute approximate surface area is 135 Å². The Morgan fingerprint density at radius 2 is 2.00 bits per heavy atom. The van der Waals surface area contributed by atoms with Gasteiger partial charge < -0.3 is 14.7 Å². The first-order chi connectivity index (χ1) is 11.1. The number of carboxylic acids is 1. The van der Waals surface area contributed by atoms with Crippen LogP contribution < -0.4 is 4.74 Å². The number of rotatable bonds is 4. The predicted molar refractivity (Wildman–Crippen MR) is 83.4 cm³/mol. The van der Waals surface area contributed by atoms with Crippen molar-refractivity contribution >= 4 is 11.9 Å². The molecule has 2 unspecified atom stereocenters. The van der Waals surface area contributed by atoms with Gasteiger partial charge in [-0.1, -0.05) is 0 Å². The summed E-state index contributed by atoms with van der Waals surface area (Å²) in [5.74, 6) is -0.949. The van der Waals surface area contributed by atoms with E-state index >= 15 is 0 Å². The van der Waals surface area contributed by atoms with E-state index in [0.717, 1.165) is 12.8 Å². The summed E-state index contributed by atoms with van der Waals surface area (Å²) in [6, 6.07) is 3.14. The van der Waals surface area contributed by atoms with Gasteiger partial charge in [-0.3, -0.25) is 9.59 Å². The van der Waals surface area contributed by atoms with E-state index < -0.39 is 11.9 Å². The molecule has 3 rings (SSSR count). The van der Waals surface area contributed by atoms with Crippen molar-refractivity contribution < 1.29 is 19.4 Å². The number of ether oxygens (including phenoxy) is 1. The number of nitrogens with zero attached hydrogens (tertiary/aromatic N) is 2. The van der Waals surface area contributed by atoms with Crippen molar-refractivity contribution in [3.63, 3.8) is 0 Å². The highest BCUT2D eigenvalue weighted by Gasteiger charge is 2.38. The molecule has 1 aliphatic carbocycles. The van der Waals surface area contributed by atoms with E-state index in [1.165, 1.54) is 19.0 Å². The molecule has 0 radical (unpaired) electrons. The third-order valence-electron chi connectivity index (χ3n) is 4.91. The van der Waals surface area contributed by atoms with Crippen LogP contribution in [0.25, 0.3) is 0 Å². The van der Waals surface area contributed by atoms with Gasteiger partial charge in [0.1, 0.15) is 6.10 Å². The fourth-order valence-electron chi connectivity index (χ4n) is 3.48. The minimum Gasteiger partial charge on any atom is -0.481 e. The number of carboxylic acid groups (broad SMARTS) is 1. The zero-order valence-corrected chi connectivity index (χ0v) is 13.3. The highest BCUT2D eigenvalue weighted by Crippen LogP contribution is 2.27. The molecule has 1 saturated heterocycles. The van der Waals surface area contributed by atoms with E-state index in [1.54, 1.807) is 24.0 Å². The summed E-state index contributed by atoms with van der Waals surface area (Å²) in [6.45, 7) is 2.26. The molecule has 0 aromatic carbocycles. The van der Waals surface area contributed by atoms with Crippen LogP contribution in [0.3, 0.4) is 0 Å². The zero-order chi connectivity index (χ0) is 16.4. The second kappa shape index (κ2) is 6.56. The fourth-order valence-corrected chi connectivity index (χ4v) is 3.48. The Kier molecular flexibility index (Phi) is 4.50. The molecule has 1 aliphatic heterocycles. The maximum Gasteiger partial charge on any atom is 0.308 e. The van der Waals surface area contributed by atoms with E-state index in [0.29, 0.717) is 24.4 Å². The number of pyridine rings is 1. The Bertz CT molecular complexity index is 581. The Morgan fingerprint density at radius 3 is 2.57 bits per heavy atom. The van der Waals surface area contributed by atoms with E-state index in [9.17, 15) is 9.59 Å². The minimum atomic E-state index is -0.841. The summed E-state index contributed by atoms with van der Waals surface area (Å²) in [6.07, 6.45) is 6.76. The molecule has 1 amide bonds. The molecular weight excluding hydrogens is 296 g/mol. The second-order valence-corrected chi connectivity index (χ2v) is 6.38. The number of likely N-dealkylation sites (tertiary alicyclic amines) is 1. The fraction of sp³-hybridized carbons (Fsp3) is 0.588. The van der Waals surface area contributed by atoms with Gasteiger partial charge in [-0.2, -0.15) is 0 Å². The summed E-state index contributed by atoms with van der Waals surface area (Å²) in [5, 5.41) is 9.16. The van der Waals surface area contributed by atoms with E-state index in [2.05, 4.69) is 4.98 Å². The van der Waals surface area contributed by atoms with Crippen LogP contribution in [-0.4, -0.2) is 45.6 Å². The first-order valence-corrected chi connectivity index (χ1v) is 8.22. The third-order valence-corrected chi connectivity index (χ3v) is 4.91. The number of amides is 1. The van der Waals surface area contributed by atoms with Crippen molar-refractivity contribution in [1.29, 1.82) is 0 Å². The minimum absolute atomic E-state index is 0.166. The first-order valence-electron chi connectivity index (χ1n) is 8.22. The standard InChI is InChI=1S/C17H22N2O4/c1-11-14(17(21)22)8-9-19(11)16(20)12-6-7-15(18-10-12)23-13-4-2-3-5-13/h6-7,10-11,13-14H,2-5,8-9H2,1H3,(H,21,22). The molecule has 2 atom stereocenters. The van der Waals surface area contributed by atoms with Gasteiger partial charge in [0.05, 0.1) is 11.5 Å².